The average molecular weight is 669 g/mol. The van der Waals surface area contributed by atoms with Gasteiger partial charge in [-0.1, -0.05) is 72.0 Å². The SMILES string of the molecule is C[C@H](CO)N1C(=O)[C@H]2[C@@H]3C(=O)O[C@@H](c4ccccc4)[C@H](C)N(C)C(=O)CC/C=C\[C@@H]3O[C@]23C=CCN(Cn2nnc4ccccc42)C(=O)[C@H]13. The maximum Gasteiger partial charge on any atom is 0.313 e. The first-order valence-electron chi connectivity index (χ1n) is 16.7. The van der Waals surface area contributed by atoms with E-state index >= 15 is 0 Å². The first kappa shape index (κ1) is 32.7. The number of aliphatic hydroxyl groups excluding tert-OH is 1. The number of likely N-dealkylation sites (tertiary alicyclic amines) is 1. The third kappa shape index (κ3) is 5.41. The zero-order chi connectivity index (χ0) is 34.4. The van der Waals surface area contributed by atoms with Crippen LogP contribution in [0.3, 0.4) is 0 Å². The number of benzene rings is 2. The fourth-order valence-electron chi connectivity index (χ4n) is 7.75. The number of ether oxygens (including phenoxy) is 2. The van der Waals surface area contributed by atoms with E-state index < -0.39 is 72.2 Å². The van der Waals surface area contributed by atoms with Gasteiger partial charge in [0.25, 0.3) is 5.91 Å². The number of esters is 1. The predicted molar refractivity (Wildman–Crippen MR) is 176 cm³/mol. The minimum Gasteiger partial charge on any atom is -0.455 e. The van der Waals surface area contributed by atoms with Crippen molar-refractivity contribution in [1.82, 2.24) is 29.7 Å². The highest BCUT2D eigenvalue weighted by molar-refractivity contribution is 5.99. The van der Waals surface area contributed by atoms with Gasteiger partial charge in [0, 0.05) is 20.0 Å². The second-order valence-corrected chi connectivity index (χ2v) is 13.3. The lowest BCUT2D eigenvalue weighted by atomic mass is 9.77. The summed E-state index contributed by atoms with van der Waals surface area (Å²) in [5.74, 6) is -3.87. The smallest absolute Gasteiger partial charge is 0.313 e. The van der Waals surface area contributed by atoms with E-state index in [4.69, 9.17) is 9.47 Å². The molecule has 8 atom stereocenters. The molecule has 7 rings (SSSR count). The third-order valence-corrected chi connectivity index (χ3v) is 10.4. The lowest BCUT2D eigenvalue weighted by Crippen LogP contribution is -2.57. The summed E-state index contributed by atoms with van der Waals surface area (Å²) < 4.78 is 14.7. The fourth-order valence-corrected chi connectivity index (χ4v) is 7.75. The summed E-state index contributed by atoms with van der Waals surface area (Å²) >= 11 is 0. The summed E-state index contributed by atoms with van der Waals surface area (Å²) in [6.07, 6.45) is 5.89. The molecule has 0 aliphatic carbocycles. The molecule has 2 saturated heterocycles. The maximum absolute atomic E-state index is 14.7. The van der Waals surface area contributed by atoms with Crippen LogP contribution < -0.4 is 0 Å². The number of hydrogen-bond donors (Lipinski definition) is 1. The number of allylic oxidation sites excluding steroid dienone is 1. The van der Waals surface area contributed by atoms with Crippen LogP contribution >= 0.6 is 0 Å². The Bertz CT molecular complexity index is 1830. The number of carbonyl (C=O) groups is 4. The molecule has 13 heteroatoms. The van der Waals surface area contributed by atoms with Crippen molar-refractivity contribution in [3.8, 4) is 0 Å². The van der Waals surface area contributed by atoms with Crippen molar-refractivity contribution < 1.29 is 33.8 Å². The second kappa shape index (κ2) is 12.9. The second-order valence-electron chi connectivity index (χ2n) is 13.3. The van der Waals surface area contributed by atoms with Crippen molar-refractivity contribution in [1.29, 1.82) is 0 Å². The van der Waals surface area contributed by atoms with Crippen molar-refractivity contribution in [2.75, 3.05) is 20.2 Å². The lowest BCUT2D eigenvalue weighted by Gasteiger charge is -2.37. The summed E-state index contributed by atoms with van der Waals surface area (Å²) in [5.41, 5.74) is 0.593. The summed E-state index contributed by atoms with van der Waals surface area (Å²) in [5, 5.41) is 18.8. The number of aromatic nitrogens is 3. The Hall–Kier alpha value is -4.88. The van der Waals surface area contributed by atoms with Crippen molar-refractivity contribution in [3.63, 3.8) is 0 Å². The molecule has 4 aliphatic heterocycles. The summed E-state index contributed by atoms with van der Waals surface area (Å²) in [6, 6.07) is 14.2. The standard InChI is InChI=1S/C36H40N6O7/c1-22(20-43)42-32-34(46)40(21-41-26-15-8-7-14-25(26)37-38-41)19-11-18-36(32)30(33(42)45)29-27(49-36)16-9-10-17-28(44)39(3)23(2)31(48-35(29)47)24-12-5-4-6-13-24/h4-9,11-16,18,22-23,27,29-32,43H,10,17,19-21H2,1-3H3/b16-9-/t22-,23+,27+,29-,30-,31-,32+,36-/m1/s1. The minimum absolute atomic E-state index is 0.0590. The number of likely N-dealkylation sites (N-methyl/N-ethyl adjacent to an activating group) is 1. The van der Waals surface area contributed by atoms with Gasteiger partial charge in [-0.15, -0.1) is 5.10 Å². The van der Waals surface area contributed by atoms with E-state index in [1.54, 1.807) is 52.8 Å². The van der Waals surface area contributed by atoms with Gasteiger partial charge in [-0.2, -0.15) is 0 Å². The van der Waals surface area contributed by atoms with E-state index in [-0.39, 0.29) is 25.5 Å². The number of hydrogen-bond acceptors (Lipinski definition) is 9. The predicted octanol–water partition coefficient (Wildman–Crippen LogP) is 2.23. The lowest BCUT2D eigenvalue weighted by molar-refractivity contribution is -0.164. The minimum atomic E-state index is -1.53. The van der Waals surface area contributed by atoms with E-state index in [0.717, 1.165) is 5.52 Å². The molecule has 0 unspecified atom stereocenters. The highest BCUT2D eigenvalue weighted by Gasteiger charge is 2.72. The molecule has 13 nitrogen and oxygen atoms in total. The molecule has 3 amide bonds. The highest BCUT2D eigenvalue weighted by Crippen LogP contribution is 2.54. The van der Waals surface area contributed by atoms with Gasteiger partial charge in [-0.25, -0.2) is 4.68 Å². The van der Waals surface area contributed by atoms with Crippen LogP contribution in [0, 0.1) is 11.8 Å². The van der Waals surface area contributed by atoms with Crippen LogP contribution in [-0.4, -0.2) is 109 Å². The Labute approximate surface area is 283 Å². The first-order valence-corrected chi connectivity index (χ1v) is 16.7. The van der Waals surface area contributed by atoms with Gasteiger partial charge in [0.05, 0.1) is 36.2 Å². The molecule has 2 fully saturated rings. The van der Waals surface area contributed by atoms with Crippen LogP contribution in [0.15, 0.2) is 78.9 Å². The third-order valence-electron chi connectivity index (χ3n) is 10.4. The number of cyclic esters (lactones) is 1. The van der Waals surface area contributed by atoms with E-state index in [2.05, 4.69) is 10.3 Å². The largest absolute Gasteiger partial charge is 0.455 e. The molecule has 2 aromatic carbocycles. The van der Waals surface area contributed by atoms with Gasteiger partial charge in [0.1, 0.15) is 35.9 Å². The van der Waals surface area contributed by atoms with Gasteiger partial charge >= 0.3 is 5.97 Å². The molecule has 256 valence electrons. The van der Waals surface area contributed by atoms with Gasteiger partial charge in [-0.05, 0) is 38.0 Å². The fraction of sp³-hybridized carbons (Fsp3) is 0.444. The van der Waals surface area contributed by atoms with Gasteiger partial charge in [0.2, 0.25) is 11.8 Å². The molecule has 1 N–H and O–H groups in total. The van der Waals surface area contributed by atoms with Crippen molar-refractivity contribution in [2.45, 2.75) is 69.3 Å². The molecule has 5 heterocycles. The van der Waals surface area contributed by atoms with E-state index in [0.29, 0.717) is 17.5 Å². The van der Waals surface area contributed by atoms with Crippen molar-refractivity contribution in [2.24, 2.45) is 11.8 Å². The molecule has 4 aliphatic rings. The Balaban J connectivity index is 1.29. The van der Waals surface area contributed by atoms with Crippen LogP contribution in [0.5, 0.6) is 0 Å². The molecular formula is C36H40N6O7. The number of aliphatic hydroxyl groups is 1. The summed E-state index contributed by atoms with van der Waals surface area (Å²) in [4.78, 5) is 61.4. The van der Waals surface area contributed by atoms with Crippen LogP contribution in [0.25, 0.3) is 11.0 Å². The number of rotatable bonds is 5. The van der Waals surface area contributed by atoms with Gasteiger partial charge < -0.3 is 29.3 Å². The van der Waals surface area contributed by atoms with Crippen molar-refractivity contribution >= 4 is 34.7 Å². The topological polar surface area (TPSA) is 147 Å². The van der Waals surface area contributed by atoms with Gasteiger partial charge in [-0.3, -0.25) is 19.2 Å². The number of carbonyl (C=O) groups excluding carboxylic acids is 4. The Morgan fingerprint density at radius 2 is 1.78 bits per heavy atom. The summed E-state index contributed by atoms with van der Waals surface area (Å²) in [7, 11) is 1.69. The molecular weight excluding hydrogens is 628 g/mol. The van der Waals surface area contributed by atoms with Gasteiger partial charge in [0.15, 0.2) is 0 Å². The Morgan fingerprint density at radius 1 is 1.02 bits per heavy atom. The molecule has 1 spiro atoms. The normalized spacial score (nSPS) is 31.8. The van der Waals surface area contributed by atoms with Crippen LogP contribution in [0.4, 0.5) is 0 Å². The Morgan fingerprint density at radius 3 is 2.55 bits per heavy atom. The average Bonchev–Trinajstić information content (AvgIpc) is 3.72. The first-order chi connectivity index (χ1) is 23.7. The molecule has 49 heavy (non-hydrogen) atoms. The van der Waals surface area contributed by atoms with Crippen LogP contribution in [0.2, 0.25) is 0 Å². The quantitative estimate of drug-likeness (QED) is 0.319. The zero-order valence-corrected chi connectivity index (χ0v) is 27.7. The van der Waals surface area contributed by atoms with Crippen LogP contribution in [-0.2, 0) is 35.3 Å². The van der Waals surface area contributed by atoms with Crippen LogP contribution in [0.1, 0.15) is 38.4 Å². The van der Waals surface area contributed by atoms with Crippen molar-refractivity contribution in [3.05, 3.63) is 84.5 Å². The molecule has 1 aromatic heterocycles. The number of amides is 3. The number of para-hydroxylation sites is 1. The number of fused-ring (bicyclic) bond motifs is 3. The molecule has 0 radical (unpaired) electrons. The van der Waals surface area contributed by atoms with E-state index in [1.165, 1.54) is 4.90 Å². The molecule has 0 bridgehead atoms. The molecule has 3 aromatic rings. The maximum atomic E-state index is 14.7. The zero-order valence-electron chi connectivity index (χ0n) is 27.7. The van der Waals surface area contributed by atoms with E-state index in [9.17, 15) is 24.3 Å². The number of nitrogens with zero attached hydrogens (tertiary/aromatic N) is 6. The highest BCUT2D eigenvalue weighted by atomic mass is 16.6. The monoisotopic (exact) mass is 668 g/mol. The molecule has 0 saturated carbocycles. The Kier molecular flexibility index (Phi) is 8.57. The van der Waals surface area contributed by atoms with E-state index in [1.807, 2.05) is 61.5 Å². The summed E-state index contributed by atoms with van der Waals surface area (Å²) in [6.45, 7) is 3.34.